The molecule has 0 saturated heterocycles. The molecule has 0 atom stereocenters. The largest absolute Gasteiger partial charge is 0.497 e. The van der Waals surface area contributed by atoms with Gasteiger partial charge in [0.25, 0.3) is 5.91 Å². The Morgan fingerprint density at radius 2 is 2.00 bits per heavy atom. The van der Waals surface area contributed by atoms with E-state index in [2.05, 4.69) is 25.2 Å². The van der Waals surface area contributed by atoms with Crippen molar-refractivity contribution in [2.75, 3.05) is 7.11 Å². The second kappa shape index (κ2) is 9.65. The average molecular weight is 420 g/mol. The Morgan fingerprint density at radius 3 is 2.70 bits per heavy atom. The van der Waals surface area contributed by atoms with Crippen molar-refractivity contribution in [2.45, 2.75) is 13.2 Å². The number of aromatic nitrogens is 3. The van der Waals surface area contributed by atoms with E-state index in [4.69, 9.17) is 9.57 Å². The average Bonchev–Trinajstić information content (AvgIpc) is 2.75. The fourth-order valence-corrected chi connectivity index (χ4v) is 2.32. The normalized spacial score (nSPS) is 10.7. The molecule has 2 aromatic heterocycles. The van der Waals surface area contributed by atoms with E-state index < -0.39 is 18.3 Å². The van der Waals surface area contributed by atoms with Crippen LogP contribution in [-0.4, -0.2) is 34.6 Å². The molecule has 0 radical (unpaired) electrons. The summed E-state index contributed by atoms with van der Waals surface area (Å²) < 4.78 is 47.3. The lowest BCUT2D eigenvalue weighted by molar-refractivity contribution is -0.0528. The van der Waals surface area contributed by atoms with E-state index in [0.717, 1.165) is 0 Å². The van der Waals surface area contributed by atoms with Crippen LogP contribution in [0.25, 0.3) is 11.4 Å². The Labute approximate surface area is 168 Å². The van der Waals surface area contributed by atoms with Crippen LogP contribution < -0.4 is 15.0 Å². The van der Waals surface area contributed by atoms with Gasteiger partial charge in [0.2, 0.25) is 5.88 Å². The standard InChI is InChI=1S/C19H15F3N4O4/c1-28-13-3-4-14(20)12(8-13)10-29-26-18(27)15-6-7-23-17(25-15)11-2-5-16(24-9-11)30-19(21)22/h2-9,19H,10H2,1H3,(H,26,27). The molecular weight excluding hydrogens is 405 g/mol. The smallest absolute Gasteiger partial charge is 0.388 e. The molecule has 30 heavy (non-hydrogen) atoms. The number of hydroxylamine groups is 1. The quantitative estimate of drug-likeness (QED) is 0.560. The van der Waals surface area contributed by atoms with Crippen LogP contribution in [0.15, 0.2) is 48.8 Å². The maximum Gasteiger partial charge on any atom is 0.388 e. The third kappa shape index (κ3) is 5.41. The summed E-state index contributed by atoms with van der Waals surface area (Å²) in [4.78, 5) is 29.1. The summed E-state index contributed by atoms with van der Waals surface area (Å²) in [6.07, 6.45) is 2.57. The van der Waals surface area contributed by atoms with Gasteiger partial charge in [-0.1, -0.05) is 0 Å². The first-order valence-corrected chi connectivity index (χ1v) is 8.45. The van der Waals surface area contributed by atoms with Crippen molar-refractivity contribution in [2.24, 2.45) is 0 Å². The van der Waals surface area contributed by atoms with E-state index in [9.17, 15) is 18.0 Å². The summed E-state index contributed by atoms with van der Waals surface area (Å²) in [5.41, 5.74) is 2.71. The first kappa shape index (κ1) is 21.0. The van der Waals surface area contributed by atoms with Gasteiger partial charge in [-0.05, 0) is 30.3 Å². The topological polar surface area (TPSA) is 95.5 Å². The Balaban J connectivity index is 1.63. The molecule has 3 rings (SSSR count). The van der Waals surface area contributed by atoms with Gasteiger partial charge in [-0.25, -0.2) is 24.8 Å². The molecule has 3 aromatic rings. The number of nitrogens with zero attached hydrogens (tertiary/aromatic N) is 3. The van der Waals surface area contributed by atoms with Crippen LogP contribution in [0.3, 0.4) is 0 Å². The van der Waals surface area contributed by atoms with E-state index in [1.165, 1.54) is 55.9 Å². The predicted octanol–water partition coefficient (Wildman–Crippen LogP) is 3.15. The van der Waals surface area contributed by atoms with Crippen LogP contribution in [0, 0.1) is 5.82 Å². The van der Waals surface area contributed by atoms with E-state index in [1.807, 2.05) is 0 Å². The molecule has 0 unspecified atom stereocenters. The van der Waals surface area contributed by atoms with Crippen molar-refractivity contribution in [1.82, 2.24) is 20.4 Å². The van der Waals surface area contributed by atoms with Gasteiger partial charge in [-0.2, -0.15) is 8.78 Å². The van der Waals surface area contributed by atoms with Crippen LogP contribution in [0.5, 0.6) is 11.6 Å². The molecule has 0 aliphatic rings. The van der Waals surface area contributed by atoms with E-state index in [1.54, 1.807) is 0 Å². The molecule has 1 amide bonds. The number of hydrogen-bond donors (Lipinski definition) is 1. The molecule has 0 aliphatic carbocycles. The number of ether oxygens (including phenoxy) is 2. The maximum atomic E-state index is 13.8. The zero-order chi connectivity index (χ0) is 21.5. The van der Waals surface area contributed by atoms with Crippen LogP contribution in [-0.2, 0) is 11.4 Å². The Kier molecular flexibility index (Phi) is 6.75. The second-order valence-corrected chi connectivity index (χ2v) is 5.71. The number of carbonyl (C=O) groups excluding carboxylic acids is 1. The highest BCUT2D eigenvalue weighted by atomic mass is 19.3. The van der Waals surface area contributed by atoms with Crippen molar-refractivity contribution >= 4 is 5.91 Å². The van der Waals surface area contributed by atoms with Gasteiger partial charge in [0.15, 0.2) is 5.82 Å². The van der Waals surface area contributed by atoms with Crippen molar-refractivity contribution in [3.8, 4) is 23.0 Å². The summed E-state index contributed by atoms with van der Waals surface area (Å²) >= 11 is 0. The SMILES string of the molecule is COc1ccc(F)c(CONC(=O)c2ccnc(-c3ccc(OC(F)F)nc3)n2)c1. The van der Waals surface area contributed by atoms with E-state index in [0.29, 0.717) is 11.3 Å². The lowest BCUT2D eigenvalue weighted by Crippen LogP contribution is -2.25. The Bertz CT molecular complexity index is 1020. The first-order chi connectivity index (χ1) is 14.5. The lowest BCUT2D eigenvalue weighted by atomic mass is 10.2. The summed E-state index contributed by atoms with van der Waals surface area (Å²) in [5.74, 6) is -0.882. The Hall–Kier alpha value is -3.73. The summed E-state index contributed by atoms with van der Waals surface area (Å²) in [6, 6.07) is 8.12. The molecule has 1 aromatic carbocycles. The maximum absolute atomic E-state index is 13.8. The molecule has 0 fully saturated rings. The number of nitrogens with one attached hydrogen (secondary N) is 1. The fourth-order valence-electron chi connectivity index (χ4n) is 2.32. The van der Waals surface area contributed by atoms with Crippen LogP contribution in [0.4, 0.5) is 13.2 Å². The van der Waals surface area contributed by atoms with Gasteiger partial charge < -0.3 is 9.47 Å². The highest BCUT2D eigenvalue weighted by molar-refractivity contribution is 5.91. The summed E-state index contributed by atoms with van der Waals surface area (Å²) in [6.45, 7) is -3.22. The van der Waals surface area contributed by atoms with Crippen LogP contribution in [0.2, 0.25) is 0 Å². The lowest BCUT2D eigenvalue weighted by Gasteiger charge is -2.09. The number of carbonyl (C=O) groups is 1. The zero-order valence-electron chi connectivity index (χ0n) is 15.5. The fraction of sp³-hybridized carbons (Fsp3) is 0.158. The Morgan fingerprint density at radius 1 is 1.17 bits per heavy atom. The minimum atomic E-state index is -2.99. The molecule has 8 nitrogen and oxygen atoms in total. The van der Waals surface area contributed by atoms with Gasteiger partial charge in [0.1, 0.15) is 23.9 Å². The number of halogens is 3. The van der Waals surface area contributed by atoms with E-state index >= 15 is 0 Å². The van der Waals surface area contributed by atoms with Gasteiger partial charge in [-0.3, -0.25) is 9.63 Å². The molecule has 11 heteroatoms. The minimum Gasteiger partial charge on any atom is -0.497 e. The van der Waals surface area contributed by atoms with Crippen LogP contribution >= 0.6 is 0 Å². The number of hydrogen-bond acceptors (Lipinski definition) is 7. The zero-order valence-corrected chi connectivity index (χ0v) is 15.5. The van der Waals surface area contributed by atoms with Gasteiger partial charge in [0, 0.05) is 29.6 Å². The van der Waals surface area contributed by atoms with Crippen molar-refractivity contribution < 1.29 is 32.3 Å². The van der Waals surface area contributed by atoms with Crippen molar-refractivity contribution in [1.29, 1.82) is 0 Å². The van der Waals surface area contributed by atoms with Crippen molar-refractivity contribution in [3.63, 3.8) is 0 Å². The third-order valence-corrected chi connectivity index (χ3v) is 3.74. The number of alkyl halides is 2. The number of amides is 1. The number of rotatable bonds is 8. The van der Waals surface area contributed by atoms with Crippen LogP contribution in [0.1, 0.15) is 16.1 Å². The predicted molar refractivity (Wildman–Crippen MR) is 97.1 cm³/mol. The second-order valence-electron chi connectivity index (χ2n) is 5.71. The molecule has 1 N–H and O–H groups in total. The number of pyridine rings is 1. The molecule has 0 bridgehead atoms. The van der Waals surface area contributed by atoms with Gasteiger partial charge in [-0.15, -0.1) is 0 Å². The number of methoxy groups -OCH3 is 1. The monoisotopic (exact) mass is 420 g/mol. The molecular formula is C19H15F3N4O4. The third-order valence-electron chi connectivity index (χ3n) is 3.74. The molecule has 0 saturated carbocycles. The summed E-state index contributed by atoms with van der Waals surface area (Å²) in [7, 11) is 1.45. The van der Waals surface area contributed by atoms with Gasteiger partial charge >= 0.3 is 6.61 Å². The highest BCUT2D eigenvalue weighted by Crippen LogP contribution is 2.18. The molecule has 156 valence electrons. The number of benzene rings is 1. The van der Waals surface area contributed by atoms with Crippen molar-refractivity contribution in [3.05, 3.63) is 65.9 Å². The van der Waals surface area contributed by atoms with Gasteiger partial charge in [0.05, 0.1) is 7.11 Å². The summed E-state index contributed by atoms with van der Waals surface area (Å²) in [5, 5.41) is 0. The first-order valence-electron chi connectivity index (χ1n) is 8.45. The minimum absolute atomic E-state index is 0.0287. The highest BCUT2D eigenvalue weighted by Gasteiger charge is 2.12. The van der Waals surface area contributed by atoms with E-state index in [-0.39, 0.29) is 29.6 Å². The molecule has 2 heterocycles. The molecule has 0 aliphatic heterocycles. The molecule has 0 spiro atoms.